The van der Waals surface area contributed by atoms with Crippen LogP contribution in [0.2, 0.25) is 5.02 Å². The molecule has 1 aliphatic heterocycles. The molecule has 0 saturated carbocycles. The Hall–Kier alpha value is -1.85. The van der Waals surface area contributed by atoms with Gasteiger partial charge in [0.05, 0.1) is 30.2 Å². The van der Waals surface area contributed by atoms with Gasteiger partial charge in [-0.3, -0.25) is 4.79 Å². The van der Waals surface area contributed by atoms with Crippen molar-refractivity contribution < 1.29 is 14.3 Å². The highest BCUT2D eigenvalue weighted by Gasteiger charge is 2.28. The van der Waals surface area contributed by atoms with Gasteiger partial charge >= 0.3 is 0 Å². The summed E-state index contributed by atoms with van der Waals surface area (Å²) in [6.45, 7) is 0. The van der Waals surface area contributed by atoms with Crippen molar-refractivity contribution in [2.75, 3.05) is 19.5 Å². The van der Waals surface area contributed by atoms with Crippen LogP contribution in [0.15, 0.2) is 41.3 Å². The number of benzene rings is 2. The second-order valence-electron chi connectivity index (χ2n) is 5.09. The van der Waals surface area contributed by atoms with Gasteiger partial charge in [-0.25, -0.2) is 0 Å². The SMILES string of the molecule is COc1cc(Cl)c(NC(=O)C2Cc3ccccc3S2)cc1OC. The van der Waals surface area contributed by atoms with Gasteiger partial charge in [0.15, 0.2) is 11.5 Å². The summed E-state index contributed by atoms with van der Waals surface area (Å²) in [5, 5.41) is 3.14. The number of anilines is 1. The van der Waals surface area contributed by atoms with Crippen molar-refractivity contribution >= 4 is 35.0 Å². The normalized spacial score (nSPS) is 15.9. The standard InChI is InChI=1S/C17H16ClNO3S/c1-21-13-8-11(18)12(9-14(13)22-2)19-17(20)16-7-10-5-3-4-6-15(10)23-16/h3-6,8-9,16H,7H2,1-2H3,(H,19,20). The van der Waals surface area contributed by atoms with Crippen LogP contribution in [0.4, 0.5) is 5.69 Å². The number of hydrogen-bond donors (Lipinski definition) is 1. The maximum Gasteiger partial charge on any atom is 0.238 e. The third kappa shape index (κ3) is 3.26. The largest absolute Gasteiger partial charge is 0.493 e. The Morgan fingerprint density at radius 3 is 2.61 bits per heavy atom. The molecule has 1 N–H and O–H groups in total. The highest BCUT2D eigenvalue weighted by Crippen LogP contribution is 2.39. The Labute approximate surface area is 144 Å². The number of carbonyl (C=O) groups is 1. The van der Waals surface area contributed by atoms with Gasteiger partial charge in [0, 0.05) is 17.0 Å². The van der Waals surface area contributed by atoms with Crippen molar-refractivity contribution in [3.63, 3.8) is 0 Å². The fraction of sp³-hybridized carbons (Fsp3) is 0.235. The van der Waals surface area contributed by atoms with Gasteiger partial charge in [-0.2, -0.15) is 0 Å². The summed E-state index contributed by atoms with van der Waals surface area (Å²) in [5.74, 6) is 0.980. The van der Waals surface area contributed by atoms with Crippen LogP contribution in [0, 0.1) is 0 Å². The minimum absolute atomic E-state index is 0.0691. The Morgan fingerprint density at radius 1 is 1.22 bits per heavy atom. The number of hydrogen-bond acceptors (Lipinski definition) is 4. The summed E-state index contributed by atoms with van der Waals surface area (Å²) in [7, 11) is 3.08. The van der Waals surface area contributed by atoms with E-state index in [0.717, 1.165) is 11.3 Å². The number of halogens is 1. The molecule has 0 radical (unpaired) electrons. The van der Waals surface area contributed by atoms with E-state index in [0.29, 0.717) is 22.2 Å². The summed E-state index contributed by atoms with van der Waals surface area (Å²) in [5.41, 5.74) is 1.72. The first-order valence-electron chi connectivity index (χ1n) is 7.09. The zero-order valence-corrected chi connectivity index (χ0v) is 14.3. The van der Waals surface area contributed by atoms with Gasteiger partial charge in [0.1, 0.15) is 0 Å². The van der Waals surface area contributed by atoms with Gasteiger partial charge in [-0.15, -0.1) is 11.8 Å². The molecule has 120 valence electrons. The van der Waals surface area contributed by atoms with E-state index in [9.17, 15) is 4.79 Å². The molecule has 0 fully saturated rings. The van der Waals surface area contributed by atoms with E-state index in [1.165, 1.54) is 5.56 Å². The fourth-order valence-electron chi connectivity index (χ4n) is 2.49. The van der Waals surface area contributed by atoms with E-state index in [4.69, 9.17) is 21.1 Å². The number of methoxy groups -OCH3 is 2. The first-order chi connectivity index (χ1) is 11.1. The lowest BCUT2D eigenvalue weighted by molar-refractivity contribution is -0.115. The van der Waals surface area contributed by atoms with Crippen molar-refractivity contribution in [1.82, 2.24) is 0 Å². The van der Waals surface area contributed by atoms with Crippen molar-refractivity contribution in [2.24, 2.45) is 0 Å². The van der Waals surface area contributed by atoms with Crippen molar-refractivity contribution in [3.05, 3.63) is 47.0 Å². The maximum absolute atomic E-state index is 12.5. The Morgan fingerprint density at radius 2 is 1.91 bits per heavy atom. The van der Waals surface area contributed by atoms with E-state index in [-0.39, 0.29) is 11.2 Å². The zero-order valence-electron chi connectivity index (χ0n) is 12.8. The summed E-state index contributed by atoms with van der Waals surface area (Å²) >= 11 is 7.80. The molecule has 1 aliphatic rings. The van der Waals surface area contributed by atoms with Gasteiger partial charge in [0.25, 0.3) is 0 Å². The maximum atomic E-state index is 12.5. The number of nitrogens with one attached hydrogen (secondary N) is 1. The molecule has 0 aliphatic carbocycles. The van der Waals surface area contributed by atoms with E-state index in [1.54, 1.807) is 38.1 Å². The lowest BCUT2D eigenvalue weighted by Crippen LogP contribution is -2.24. The number of thioether (sulfide) groups is 1. The van der Waals surface area contributed by atoms with Gasteiger partial charge in [0.2, 0.25) is 5.91 Å². The summed E-state index contributed by atoms with van der Waals surface area (Å²) < 4.78 is 10.4. The van der Waals surface area contributed by atoms with Crippen LogP contribution in [-0.4, -0.2) is 25.4 Å². The quantitative estimate of drug-likeness (QED) is 0.905. The summed E-state index contributed by atoms with van der Waals surface area (Å²) in [6.07, 6.45) is 0.720. The van der Waals surface area contributed by atoms with Crippen LogP contribution in [-0.2, 0) is 11.2 Å². The minimum Gasteiger partial charge on any atom is -0.493 e. The monoisotopic (exact) mass is 349 g/mol. The van der Waals surface area contributed by atoms with Crippen LogP contribution in [0.3, 0.4) is 0 Å². The predicted molar refractivity (Wildman–Crippen MR) is 93.0 cm³/mol. The number of carbonyl (C=O) groups excluding carboxylic acids is 1. The number of fused-ring (bicyclic) bond motifs is 1. The lowest BCUT2D eigenvalue weighted by atomic mass is 10.1. The topological polar surface area (TPSA) is 47.6 Å². The van der Waals surface area contributed by atoms with Crippen LogP contribution < -0.4 is 14.8 Å². The number of amides is 1. The number of rotatable bonds is 4. The molecule has 23 heavy (non-hydrogen) atoms. The van der Waals surface area contributed by atoms with E-state index >= 15 is 0 Å². The second kappa shape index (κ2) is 6.72. The Bertz CT molecular complexity index is 726. The predicted octanol–water partition coefficient (Wildman–Crippen LogP) is 4.01. The van der Waals surface area contributed by atoms with E-state index in [1.807, 2.05) is 18.2 Å². The molecule has 0 aromatic heterocycles. The molecule has 1 unspecified atom stereocenters. The molecule has 1 heterocycles. The molecular formula is C17H16ClNO3S. The van der Waals surface area contributed by atoms with Crippen molar-refractivity contribution in [2.45, 2.75) is 16.6 Å². The van der Waals surface area contributed by atoms with Gasteiger partial charge in [-0.05, 0) is 18.1 Å². The number of ether oxygens (including phenoxy) is 2. The third-order valence-corrected chi connectivity index (χ3v) is 5.30. The zero-order chi connectivity index (χ0) is 16.4. The Kier molecular flexibility index (Phi) is 4.68. The van der Waals surface area contributed by atoms with Crippen molar-refractivity contribution in [1.29, 1.82) is 0 Å². The molecule has 0 spiro atoms. The first-order valence-corrected chi connectivity index (χ1v) is 8.35. The minimum atomic E-state index is -0.156. The lowest BCUT2D eigenvalue weighted by Gasteiger charge is -2.14. The summed E-state index contributed by atoms with van der Waals surface area (Å²) in [6, 6.07) is 11.4. The van der Waals surface area contributed by atoms with Crippen molar-refractivity contribution in [3.8, 4) is 11.5 Å². The molecule has 2 aromatic rings. The Balaban J connectivity index is 1.76. The molecular weight excluding hydrogens is 334 g/mol. The molecule has 0 saturated heterocycles. The van der Waals surface area contributed by atoms with Gasteiger partial charge < -0.3 is 14.8 Å². The first kappa shape index (κ1) is 16.0. The highest BCUT2D eigenvalue weighted by molar-refractivity contribution is 8.01. The average molecular weight is 350 g/mol. The molecule has 3 rings (SSSR count). The average Bonchev–Trinajstić information content (AvgIpc) is 3.00. The second-order valence-corrected chi connectivity index (χ2v) is 6.75. The van der Waals surface area contributed by atoms with E-state index in [2.05, 4.69) is 11.4 Å². The van der Waals surface area contributed by atoms with Crippen LogP contribution >= 0.6 is 23.4 Å². The molecule has 6 heteroatoms. The summed E-state index contributed by atoms with van der Waals surface area (Å²) in [4.78, 5) is 13.7. The molecule has 0 bridgehead atoms. The third-order valence-electron chi connectivity index (χ3n) is 3.67. The van der Waals surface area contributed by atoms with Crippen LogP contribution in [0.1, 0.15) is 5.56 Å². The molecule has 2 aromatic carbocycles. The molecule has 1 atom stereocenters. The fourth-order valence-corrected chi connectivity index (χ4v) is 3.89. The van der Waals surface area contributed by atoms with E-state index < -0.39 is 0 Å². The smallest absolute Gasteiger partial charge is 0.238 e. The highest BCUT2D eigenvalue weighted by atomic mass is 35.5. The molecule has 1 amide bonds. The van der Waals surface area contributed by atoms with Gasteiger partial charge in [-0.1, -0.05) is 29.8 Å². The molecule has 4 nitrogen and oxygen atoms in total. The van der Waals surface area contributed by atoms with Crippen LogP contribution in [0.25, 0.3) is 0 Å². The van der Waals surface area contributed by atoms with Crippen LogP contribution in [0.5, 0.6) is 11.5 Å².